The molecule has 2 fully saturated rings. The molecule has 0 radical (unpaired) electrons. The number of ether oxygens (including phenoxy) is 1. The SMILES string of the molecule is O=C1C2(CO)C=C(Br)C(CC2c2ccccc2)[C@@]12CO2. The van der Waals surface area contributed by atoms with Gasteiger partial charge in [0.1, 0.15) is 0 Å². The van der Waals surface area contributed by atoms with Gasteiger partial charge in [0.15, 0.2) is 11.4 Å². The smallest absolute Gasteiger partial charge is 0.180 e. The molecule has 1 aromatic carbocycles. The van der Waals surface area contributed by atoms with E-state index in [9.17, 15) is 9.90 Å². The van der Waals surface area contributed by atoms with Crippen LogP contribution in [0.15, 0.2) is 40.9 Å². The molecule has 3 aliphatic carbocycles. The normalized spacial score (nSPS) is 41.9. The second-order valence-corrected chi connectivity index (χ2v) is 6.90. The van der Waals surface area contributed by atoms with Crippen LogP contribution in [0.2, 0.25) is 0 Å². The van der Waals surface area contributed by atoms with Gasteiger partial charge in [-0.2, -0.15) is 0 Å². The zero-order chi connectivity index (χ0) is 14.0. The van der Waals surface area contributed by atoms with Crippen LogP contribution in [0.1, 0.15) is 17.9 Å². The van der Waals surface area contributed by atoms with E-state index < -0.39 is 11.0 Å². The number of hydrogen-bond acceptors (Lipinski definition) is 3. The Hall–Kier alpha value is -0.970. The molecule has 0 amide bonds. The van der Waals surface area contributed by atoms with Crippen LogP contribution in [0.4, 0.5) is 0 Å². The van der Waals surface area contributed by atoms with Gasteiger partial charge in [-0.3, -0.25) is 4.79 Å². The van der Waals surface area contributed by atoms with Crippen molar-refractivity contribution in [2.24, 2.45) is 11.3 Å². The number of halogens is 1. The summed E-state index contributed by atoms with van der Waals surface area (Å²) in [5.74, 6) is 0.178. The van der Waals surface area contributed by atoms with E-state index in [-0.39, 0.29) is 24.2 Å². The van der Waals surface area contributed by atoms with Crippen molar-refractivity contribution in [3.05, 3.63) is 46.5 Å². The van der Waals surface area contributed by atoms with Gasteiger partial charge in [-0.25, -0.2) is 0 Å². The topological polar surface area (TPSA) is 49.8 Å². The van der Waals surface area contributed by atoms with E-state index in [4.69, 9.17) is 4.74 Å². The third-order valence-corrected chi connectivity index (χ3v) is 5.89. The number of aliphatic hydroxyl groups excluding tert-OH is 1. The average molecular weight is 335 g/mol. The van der Waals surface area contributed by atoms with E-state index in [1.54, 1.807) is 0 Å². The van der Waals surface area contributed by atoms with E-state index in [0.29, 0.717) is 6.61 Å². The molecule has 20 heavy (non-hydrogen) atoms. The van der Waals surface area contributed by atoms with Gasteiger partial charge in [0.2, 0.25) is 0 Å². The largest absolute Gasteiger partial charge is 0.395 e. The van der Waals surface area contributed by atoms with Gasteiger partial charge < -0.3 is 9.84 Å². The number of Topliss-reactive ketones (excluding diaryl/α,β-unsaturated/α-hetero) is 1. The number of aliphatic hydroxyl groups is 1. The number of ketones is 1. The minimum absolute atomic E-state index is 0.0299. The van der Waals surface area contributed by atoms with E-state index in [1.807, 2.05) is 36.4 Å². The quantitative estimate of drug-likeness (QED) is 0.845. The Bertz CT molecular complexity index is 605. The maximum absolute atomic E-state index is 12.9. The number of benzene rings is 1. The van der Waals surface area contributed by atoms with E-state index >= 15 is 0 Å². The summed E-state index contributed by atoms with van der Waals surface area (Å²) in [7, 11) is 0. The lowest BCUT2D eigenvalue weighted by atomic mass is 9.53. The van der Waals surface area contributed by atoms with Crippen molar-refractivity contribution >= 4 is 21.7 Å². The summed E-state index contributed by atoms with van der Waals surface area (Å²) in [5, 5.41) is 10.0. The molecular formula is C16H15BrO3. The third kappa shape index (κ3) is 1.39. The number of carbonyl (C=O) groups is 1. The van der Waals surface area contributed by atoms with Crippen molar-refractivity contribution in [3.63, 3.8) is 0 Å². The molecule has 3 unspecified atom stereocenters. The summed E-state index contributed by atoms with van der Waals surface area (Å²) >= 11 is 3.58. The van der Waals surface area contributed by atoms with Crippen LogP contribution in [0, 0.1) is 11.3 Å². The highest BCUT2D eigenvalue weighted by atomic mass is 79.9. The van der Waals surface area contributed by atoms with Gasteiger partial charge in [-0.1, -0.05) is 52.3 Å². The lowest BCUT2D eigenvalue weighted by Crippen LogP contribution is -2.58. The van der Waals surface area contributed by atoms with Gasteiger partial charge in [-0.05, 0) is 16.5 Å². The van der Waals surface area contributed by atoms with Gasteiger partial charge in [-0.15, -0.1) is 0 Å². The molecule has 1 spiro atoms. The van der Waals surface area contributed by atoms with Crippen LogP contribution >= 0.6 is 15.9 Å². The minimum atomic E-state index is -0.842. The first-order chi connectivity index (χ1) is 9.64. The first kappa shape index (κ1) is 12.7. The van der Waals surface area contributed by atoms with E-state index in [0.717, 1.165) is 16.5 Å². The summed E-state index contributed by atoms with van der Waals surface area (Å²) in [6.45, 7) is 0.320. The molecular weight excluding hydrogens is 320 g/mol. The van der Waals surface area contributed by atoms with Crippen molar-refractivity contribution in [2.75, 3.05) is 13.2 Å². The molecule has 2 bridgehead atoms. The summed E-state index contributed by atoms with van der Waals surface area (Å²) in [6.07, 6.45) is 2.77. The third-order valence-electron chi connectivity index (χ3n) is 5.11. The standard InChI is InChI=1S/C16H15BrO3/c17-13-7-15(8-18)11(10-4-2-1-3-5-10)6-12(13)16(9-20-16)14(15)19/h1-5,7,11-12,18H,6,8-9H2/t11?,12?,15?,16-/m0/s1. The molecule has 1 aliphatic heterocycles. The highest BCUT2D eigenvalue weighted by molar-refractivity contribution is 9.11. The number of carbonyl (C=O) groups excluding carboxylic acids is 1. The molecule has 4 heteroatoms. The molecule has 5 rings (SSSR count). The second-order valence-electron chi connectivity index (χ2n) is 5.99. The zero-order valence-electron chi connectivity index (χ0n) is 10.9. The van der Waals surface area contributed by atoms with Crippen LogP contribution in [-0.2, 0) is 9.53 Å². The summed E-state index contributed by atoms with van der Waals surface area (Å²) < 4.78 is 6.54. The van der Waals surface area contributed by atoms with Crippen LogP contribution in [0.5, 0.6) is 0 Å². The van der Waals surface area contributed by atoms with Crippen LogP contribution < -0.4 is 0 Å². The van der Waals surface area contributed by atoms with Crippen molar-refractivity contribution in [1.82, 2.24) is 0 Å². The first-order valence-corrected chi connectivity index (χ1v) is 7.66. The molecule has 1 N–H and O–H groups in total. The predicted molar refractivity (Wildman–Crippen MR) is 77.5 cm³/mol. The Morgan fingerprint density at radius 1 is 1.30 bits per heavy atom. The highest BCUT2D eigenvalue weighted by Crippen LogP contribution is 2.63. The number of rotatable bonds is 2. The minimum Gasteiger partial charge on any atom is -0.395 e. The lowest BCUT2D eigenvalue weighted by molar-refractivity contribution is -0.142. The molecule has 4 aliphatic rings. The fourth-order valence-corrected chi connectivity index (χ4v) is 4.92. The maximum atomic E-state index is 12.9. The number of epoxide rings is 1. The molecule has 1 saturated carbocycles. The molecule has 104 valence electrons. The summed E-state index contributed by atoms with van der Waals surface area (Å²) in [6, 6.07) is 10.0. The van der Waals surface area contributed by atoms with Crippen molar-refractivity contribution in [3.8, 4) is 0 Å². The molecule has 0 aromatic heterocycles. The second kappa shape index (κ2) is 4.03. The Morgan fingerprint density at radius 3 is 2.60 bits per heavy atom. The molecule has 1 heterocycles. The fraction of sp³-hybridized carbons (Fsp3) is 0.438. The van der Waals surface area contributed by atoms with Crippen molar-refractivity contribution in [2.45, 2.75) is 17.9 Å². The average Bonchev–Trinajstić information content (AvgIpc) is 3.26. The molecule has 1 saturated heterocycles. The summed E-state index contributed by atoms with van der Waals surface area (Å²) in [5.41, 5.74) is -0.390. The maximum Gasteiger partial charge on any atom is 0.180 e. The lowest BCUT2D eigenvalue weighted by Gasteiger charge is -2.50. The zero-order valence-corrected chi connectivity index (χ0v) is 12.5. The monoisotopic (exact) mass is 334 g/mol. The van der Waals surface area contributed by atoms with Crippen LogP contribution in [0.25, 0.3) is 0 Å². The first-order valence-electron chi connectivity index (χ1n) is 6.87. The van der Waals surface area contributed by atoms with Crippen molar-refractivity contribution in [1.29, 1.82) is 0 Å². The highest BCUT2D eigenvalue weighted by Gasteiger charge is 2.71. The summed E-state index contributed by atoms with van der Waals surface area (Å²) in [4.78, 5) is 12.9. The molecule has 1 aromatic rings. The van der Waals surface area contributed by atoms with E-state index in [2.05, 4.69) is 15.9 Å². The van der Waals surface area contributed by atoms with E-state index in [1.165, 1.54) is 0 Å². The Kier molecular flexibility index (Phi) is 2.57. The predicted octanol–water partition coefficient (Wildman–Crippen LogP) is 2.40. The van der Waals surface area contributed by atoms with Gasteiger partial charge in [0.05, 0.1) is 18.6 Å². The molecule has 4 atom stereocenters. The number of hydrogen-bond donors (Lipinski definition) is 1. The van der Waals surface area contributed by atoms with Gasteiger partial charge in [0.25, 0.3) is 0 Å². The number of fused-ring (bicyclic) bond motifs is 1. The Balaban J connectivity index is 1.87. The van der Waals surface area contributed by atoms with Crippen LogP contribution in [-0.4, -0.2) is 29.7 Å². The van der Waals surface area contributed by atoms with Gasteiger partial charge in [0, 0.05) is 11.8 Å². The van der Waals surface area contributed by atoms with Gasteiger partial charge >= 0.3 is 0 Å². The Labute approximate surface area is 125 Å². The Morgan fingerprint density at radius 2 is 2.00 bits per heavy atom. The van der Waals surface area contributed by atoms with Crippen molar-refractivity contribution < 1.29 is 14.6 Å². The molecule has 3 nitrogen and oxygen atoms in total. The fourth-order valence-electron chi connectivity index (χ4n) is 3.95. The van der Waals surface area contributed by atoms with Crippen LogP contribution in [0.3, 0.4) is 0 Å².